The lowest BCUT2D eigenvalue weighted by molar-refractivity contribution is -0.128. The summed E-state index contributed by atoms with van der Waals surface area (Å²) < 4.78 is 0. The molecule has 1 aromatic carbocycles. The summed E-state index contributed by atoms with van der Waals surface area (Å²) in [5.74, 6) is 0.0285. The third-order valence-electron chi connectivity index (χ3n) is 3.03. The lowest BCUT2D eigenvalue weighted by atomic mass is 9.96. The fraction of sp³-hybridized carbons (Fsp3) is 0.294. The van der Waals surface area contributed by atoms with Gasteiger partial charge in [0.15, 0.2) is 0 Å². The molecule has 2 aromatic rings. The van der Waals surface area contributed by atoms with Gasteiger partial charge in [0.25, 0.3) is 0 Å². The molecule has 4 heteroatoms. The topological polar surface area (TPSA) is 46.2 Å². The van der Waals surface area contributed by atoms with E-state index in [1.807, 2.05) is 63.2 Å². The Morgan fingerprint density at radius 3 is 2.33 bits per heavy atom. The first-order valence-corrected chi connectivity index (χ1v) is 7.66. The van der Waals surface area contributed by atoms with E-state index < -0.39 is 5.41 Å². The highest BCUT2D eigenvalue weighted by Crippen LogP contribution is 2.20. The molecule has 0 aliphatic heterocycles. The molecule has 2 rings (SSSR count). The van der Waals surface area contributed by atoms with E-state index in [1.54, 1.807) is 0 Å². The lowest BCUT2D eigenvalue weighted by Crippen LogP contribution is -2.34. The van der Waals surface area contributed by atoms with E-state index in [2.05, 4.69) is 5.32 Å². The Morgan fingerprint density at radius 1 is 1.05 bits per heavy atom. The van der Waals surface area contributed by atoms with Crippen LogP contribution in [0.1, 0.15) is 40.9 Å². The summed E-state index contributed by atoms with van der Waals surface area (Å²) in [6, 6.07) is 12.9. The zero-order valence-electron chi connectivity index (χ0n) is 12.5. The molecule has 110 valence electrons. The molecule has 0 fully saturated rings. The molecule has 0 aliphatic rings. The van der Waals surface area contributed by atoms with Crippen molar-refractivity contribution in [3.63, 3.8) is 0 Å². The highest BCUT2D eigenvalue weighted by atomic mass is 32.1. The Labute approximate surface area is 129 Å². The van der Waals surface area contributed by atoms with Crippen LogP contribution in [-0.4, -0.2) is 11.7 Å². The van der Waals surface area contributed by atoms with Gasteiger partial charge in [-0.05, 0) is 12.1 Å². The molecule has 0 atom stereocenters. The van der Waals surface area contributed by atoms with Crippen LogP contribution in [0.5, 0.6) is 0 Å². The molecule has 21 heavy (non-hydrogen) atoms. The molecule has 0 aliphatic carbocycles. The third kappa shape index (κ3) is 4.02. The minimum Gasteiger partial charge on any atom is -0.351 e. The third-order valence-corrected chi connectivity index (χ3v) is 4.11. The monoisotopic (exact) mass is 301 g/mol. The van der Waals surface area contributed by atoms with Crippen molar-refractivity contribution in [1.29, 1.82) is 0 Å². The van der Waals surface area contributed by atoms with Gasteiger partial charge in [0, 0.05) is 15.9 Å². The van der Waals surface area contributed by atoms with Crippen LogP contribution in [-0.2, 0) is 11.3 Å². The van der Waals surface area contributed by atoms with Crippen LogP contribution in [0.15, 0.2) is 42.5 Å². The maximum absolute atomic E-state index is 12.3. The van der Waals surface area contributed by atoms with E-state index in [0.717, 1.165) is 4.88 Å². The van der Waals surface area contributed by atoms with Gasteiger partial charge in [-0.15, -0.1) is 11.3 Å². The Bertz CT molecular complexity index is 638. The number of ketones is 1. The van der Waals surface area contributed by atoms with Crippen LogP contribution in [0.4, 0.5) is 0 Å². The molecular formula is C17H19NO2S. The molecule has 1 heterocycles. The van der Waals surface area contributed by atoms with Crippen LogP contribution in [0.2, 0.25) is 0 Å². The maximum atomic E-state index is 12.3. The van der Waals surface area contributed by atoms with Gasteiger partial charge in [0.1, 0.15) is 0 Å². The van der Waals surface area contributed by atoms with Gasteiger partial charge in [-0.2, -0.15) is 0 Å². The molecule has 0 spiro atoms. The van der Waals surface area contributed by atoms with E-state index in [-0.39, 0.29) is 11.7 Å². The van der Waals surface area contributed by atoms with Gasteiger partial charge >= 0.3 is 0 Å². The Balaban J connectivity index is 2.02. The molecule has 0 radical (unpaired) electrons. The van der Waals surface area contributed by atoms with E-state index >= 15 is 0 Å². The number of carbonyl (C=O) groups is 2. The van der Waals surface area contributed by atoms with Crippen LogP contribution < -0.4 is 5.32 Å². The Morgan fingerprint density at radius 2 is 1.71 bits per heavy atom. The summed E-state index contributed by atoms with van der Waals surface area (Å²) in [5, 5.41) is 2.89. The van der Waals surface area contributed by atoms with Gasteiger partial charge in [-0.3, -0.25) is 9.59 Å². The first-order valence-electron chi connectivity index (χ1n) is 6.84. The van der Waals surface area contributed by atoms with Crippen LogP contribution in [0.3, 0.4) is 0 Å². The first-order chi connectivity index (χ1) is 9.88. The van der Waals surface area contributed by atoms with Crippen molar-refractivity contribution in [2.75, 3.05) is 0 Å². The zero-order chi connectivity index (χ0) is 15.5. The normalized spacial score (nSPS) is 11.2. The van der Waals surface area contributed by atoms with Crippen molar-refractivity contribution < 1.29 is 9.59 Å². The summed E-state index contributed by atoms with van der Waals surface area (Å²) in [6.07, 6.45) is 0. The second-order valence-corrected chi connectivity index (χ2v) is 7.06. The second-order valence-electron chi connectivity index (χ2n) is 5.89. The fourth-order valence-corrected chi connectivity index (χ4v) is 2.67. The Hall–Kier alpha value is -1.94. The molecule has 0 saturated heterocycles. The molecule has 1 aromatic heterocycles. The molecule has 1 N–H and O–H groups in total. The van der Waals surface area contributed by atoms with Crippen molar-refractivity contribution >= 4 is 23.0 Å². The number of hydrogen-bond acceptors (Lipinski definition) is 3. The van der Waals surface area contributed by atoms with E-state index in [1.165, 1.54) is 11.3 Å². The fourth-order valence-electron chi connectivity index (χ4n) is 1.76. The van der Waals surface area contributed by atoms with Crippen molar-refractivity contribution in [2.45, 2.75) is 27.3 Å². The van der Waals surface area contributed by atoms with Gasteiger partial charge in [-0.1, -0.05) is 51.1 Å². The maximum Gasteiger partial charge on any atom is 0.225 e. The van der Waals surface area contributed by atoms with Crippen LogP contribution in [0, 0.1) is 5.41 Å². The van der Waals surface area contributed by atoms with Crippen molar-refractivity contribution in [1.82, 2.24) is 5.32 Å². The van der Waals surface area contributed by atoms with Gasteiger partial charge in [0.05, 0.1) is 11.4 Å². The molecule has 0 saturated carbocycles. The number of thiophene rings is 1. The van der Waals surface area contributed by atoms with Gasteiger partial charge in [0.2, 0.25) is 11.7 Å². The summed E-state index contributed by atoms with van der Waals surface area (Å²) >= 11 is 1.42. The molecule has 0 unspecified atom stereocenters. The summed E-state index contributed by atoms with van der Waals surface area (Å²) in [6.45, 7) is 6.09. The number of rotatable bonds is 4. The smallest absolute Gasteiger partial charge is 0.225 e. The van der Waals surface area contributed by atoms with Crippen LogP contribution in [0.25, 0.3) is 0 Å². The SMILES string of the molecule is CC(C)(C)C(=O)NCc1ccc(C(=O)c2ccccc2)s1. The number of carbonyl (C=O) groups excluding carboxylic acids is 2. The second kappa shape index (κ2) is 6.22. The number of benzene rings is 1. The standard InChI is InChI=1S/C17H19NO2S/c1-17(2,3)16(20)18-11-13-9-10-14(21-13)15(19)12-7-5-4-6-8-12/h4-10H,11H2,1-3H3,(H,18,20). The lowest BCUT2D eigenvalue weighted by Gasteiger charge is -2.17. The molecule has 0 bridgehead atoms. The molecule has 3 nitrogen and oxygen atoms in total. The highest BCUT2D eigenvalue weighted by Gasteiger charge is 2.21. The minimum absolute atomic E-state index is 0.00633. The predicted octanol–water partition coefficient (Wildman–Crippen LogP) is 3.64. The van der Waals surface area contributed by atoms with Crippen molar-refractivity contribution in [3.05, 3.63) is 57.8 Å². The predicted molar refractivity (Wildman–Crippen MR) is 85.5 cm³/mol. The van der Waals surface area contributed by atoms with E-state index in [0.29, 0.717) is 17.0 Å². The summed E-state index contributed by atoms with van der Waals surface area (Å²) in [7, 11) is 0. The quantitative estimate of drug-likeness (QED) is 0.876. The largest absolute Gasteiger partial charge is 0.351 e. The van der Waals surface area contributed by atoms with Gasteiger partial charge in [-0.25, -0.2) is 0 Å². The zero-order valence-corrected chi connectivity index (χ0v) is 13.3. The van der Waals surface area contributed by atoms with Crippen molar-refractivity contribution in [2.24, 2.45) is 5.41 Å². The average Bonchev–Trinajstić information content (AvgIpc) is 2.92. The van der Waals surface area contributed by atoms with E-state index in [9.17, 15) is 9.59 Å². The highest BCUT2D eigenvalue weighted by molar-refractivity contribution is 7.14. The van der Waals surface area contributed by atoms with Gasteiger partial charge < -0.3 is 5.32 Å². The summed E-state index contributed by atoms with van der Waals surface area (Å²) in [5.41, 5.74) is 0.282. The average molecular weight is 301 g/mol. The molecule has 1 amide bonds. The Kier molecular flexibility index (Phi) is 4.58. The first kappa shape index (κ1) is 15.4. The minimum atomic E-state index is -0.403. The van der Waals surface area contributed by atoms with Crippen LogP contribution >= 0.6 is 11.3 Å². The number of hydrogen-bond donors (Lipinski definition) is 1. The van der Waals surface area contributed by atoms with E-state index in [4.69, 9.17) is 0 Å². The number of nitrogens with one attached hydrogen (secondary N) is 1. The van der Waals surface area contributed by atoms with Crippen molar-refractivity contribution in [3.8, 4) is 0 Å². The number of amides is 1. The molecular weight excluding hydrogens is 282 g/mol. The summed E-state index contributed by atoms with van der Waals surface area (Å²) in [4.78, 5) is 25.8.